The van der Waals surface area contributed by atoms with Crippen molar-refractivity contribution < 1.29 is 41.4 Å². The number of H-pyrrole nitrogens is 1. The molecule has 0 spiro atoms. The van der Waals surface area contributed by atoms with E-state index in [0.29, 0.717) is 103 Å². The molecule has 13 aromatic heterocycles. The average Bonchev–Trinajstić information content (AvgIpc) is 1.63. The monoisotopic (exact) mass is 1860 g/mol. The minimum absolute atomic E-state index is 0.217. The van der Waals surface area contributed by atoms with E-state index in [-0.39, 0.29) is 12.6 Å². The Bertz CT molecular complexity index is 5500. The molecular formula is C92H105BrN22O9Sn. The van der Waals surface area contributed by atoms with Crippen LogP contribution in [-0.4, -0.2) is 199 Å². The molecule has 33 heteroatoms. The number of pyridine rings is 6. The van der Waals surface area contributed by atoms with E-state index in [9.17, 15) is 4.79 Å². The van der Waals surface area contributed by atoms with Crippen LogP contribution in [0.4, 0.5) is 17.5 Å². The van der Waals surface area contributed by atoms with Gasteiger partial charge in [-0.1, -0.05) is 12.1 Å². The normalized spacial score (nSPS) is 17.6. The minimum Gasteiger partial charge on any atom is -0.443 e. The zero-order valence-electron chi connectivity index (χ0n) is 71.5. The number of amidine groups is 1. The fourth-order valence-electron chi connectivity index (χ4n) is 15.9. The molecule has 31 nitrogen and oxygen atoms in total. The van der Waals surface area contributed by atoms with Gasteiger partial charge in [0.05, 0.1) is 63.0 Å². The molecule has 0 radical (unpaired) electrons. The van der Waals surface area contributed by atoms with Crippen molar-refractivity contribution in [2.24, 2.45) is 4.99 Å². The van der Waals surface area contributed by atoms with Crippen molar-refractivity contribution in [1.82, 2.24) is 90.2 Å². The molecule has 0 saturated carbocycles. The van der Waals surface area contributed by atoms with Crippen LogP contribution < -0.4 is 24.3 Å². The van der Waals surface area contributed by atoms with Crippen LogP contribution in [0.25, 0.3) is 57.5 Å². The summed E-state index contributed by atoms with van der Waals surface area (Å²) in [7, 11) is 0. The maximum atomic E-state index is 10.3. The van der Waals surface area contributed by atoms with E-state index in [1.165, 1.54) is 98.4 Å². The summed E-state index contributed by atoms with van der Waals surface area (Å²) in [5.74, 6) is 6.54. The number of aldehydes is 1. The number of unbranched alkanes of at least 4 members (excludes halogenated alkanes) is 3. The molecule has 0 aliphatic carbocycles. The largest absolute Gasteiger partial charge is 0.443 e. The summed E-state index contributed by atoms with van der Waals surface area (Å²) < 4.78 is 49.0. The van der Waals surface area contributed by atoms with Gasteiger partial charge in [0, 0.05) is 151 Å². The molecule has 9 aliphatic rings. The van der Waals surface area contributed by atoms with Gasteiger partial charge >= 0.3 is 117 Å². The van der Waals surface area contributed by atoms with Crippen LogP contribution in [0.2, 0.25) is 13.3 Å². The molecule has 125 heavy (non-hydrogen) atoms. The molecule has 9 aliphatic heterocycles. The zero-order valence-corrected chi connectivity index (χ0v) is 75.9. The van der Waals surface area contributed by atoms with E-state index in [2.05, 4.69) is 174 Å². The number of nitrogens with zero attached hydrogens (tertiary/aromatic N) is 19. The summed E-state index contributed by atoms with van der Waals surface area (Å²) >= 11 is 0.951. The number of carbonyl (C=O) groups is 1. The van der Waals surface area contributed by atoms with E-state index in [1.807, 2.05) is 100 Å². The Morgan fingerprint density at radius 1 is 0.528 bits per heavy atom. The van der Waals surface area contributed by atoms with Crippen molar-refractivity contribution in [2.75, 3.05) is 74.3 Å². The fourth-order valence-corrected chi connectivity index (χ4v) is 30.8. The summed E-state index contributed by atoms with van der Waals surface area (Å²) in [6.07, 6.45) is 37.1. The van der Waals surface area contributed by atoms with Gasteiger partial charge in [-0.25, -0.2) is 49.8 Å². The molecular weight excluding hydrogens is 1760 g/mol. The van der Waals surface area contributed by atoms with Gasteiger partial charge in [0.2, 0.25) is 17.7 Å². The van der Waals surface area contributed by atoms with Crippen LogP contribution >= 0.6 is 15.9 Å². The fraction of sp³-hybridized carbons (Fsp3) is 0.380. The Labute approximate surface area is 739 Å². The van der Waals surface area contributed by atoms with Crippen molar-refractivity contribution in [3.63, 3.8) is 0 Å². The van der Waals surface area contributed by atoms with Gasteiger partial charge in [0.1, 0.15) is 63.8 Å². The van der Waals surface area contributed by atoms with Gasteiger partial charge in [0.15, 0.2) is 30.5 Å². The Balaban J connectivity index is 0.000000123. The molecule has 3 N–H and O–H groups in total. The number of oxazole rings is 4. The third-order valence-electron chi connectivity index (χ3n) is 22.3. The van der Waals surface area contributed by atoms with Gasteiger partial charge < -0.3 is 52.6 Å². The number of piperazine rings is 2. The Hall–Kier alpha value is -11.4. The first-order chi connectivity index (χ1) is 61.2. The number of hydrogen-bond acceptors (Lipinski definition) is 30. The number of carbonyl (C=O) groups excluding carboxylic acids is 1. The molecule has 22 rings (SSSR count). The number of ether oxygens (including phenoxy) is 4. The number of aromatic nitrogens is 16. The second kappa shape index (κ2) is 43.5. The van der Waals surface area contributed by atoms with Crippen molar-refractivity contribution >= 4 is 67.8 Å². The number of fused-ring (bicyclic) bond motifs is 4. The van der Waals surface area contributed by atoms with Gasteiger partial charge in [-0.15, -0.1) is 0 Å². The number of aromatic amines is 1. The van der Waals surface area contributed by atoms with Crippen molar-refractivity contribution in [3.8, 4) is 57.5 Å². The molecule has 8 fully saturated rings. The quantitative estimate of drug-likeness (QED) is 0.0272. The van der Waals surface area contributed by atoms with Gasteiger partial charge in [-0.3, -0.25) is 34.7 Å². The van der Waals surface area contributed by atoms with Gasteiger partial charge in [0.25, 0.3) is 0 Å². The predicted octanol–water partition coefficient (Wildman–Crippen LogP) is 16.1. The van der Waals surface area contributed by atoms with Crippen LogP contribution in [0.3, 0.4) is 0 Å². The van der Waals surface area contributed by atoms with Crippen LogP contribution in [0.5, 0.6) is 0 Å². The van der Waals surface area contributed by atoms with E-state index < -0.39 is 18.4 Å². The number of aryl methyl sites for hydroxylation is 3. The molecule has 22 heterocycles. The number of piperidine rings is 2. The summed E-state index contributed by atoms with van der Waals surface area (Å²) in [5.41, 5.74) is 13.6. The average molecular weight is 1860 g/mol. The minimum atomic E-state index is -2.31. The topological polar surface area (TPSA) is 362 Å². The van der Waals surface area contributed by atoms with Gasteiger partial charge in [-0.05, 0) is 146 Å². The number of halogens is 1. The Morgan fingerprint density at radius 2 is 1.06 bits per heavy atom. The molecule has 4 bridgehead atoms. The first kappa shape index (κ1) is 88.5. The van der Waals surface area contributed by atoms with E-state index in [1.54, 1.807) is 55.6 Å². The molecule has 8 saturated heterocycles. The van der Waals surface area contributed by atoms with E-state index in [0.717, 1.165) is 130 Å². The second-order valence-corrected chi connectivity index (χ2v) is 45.5. The third-order valence-corrected chi connectivity index (χ3v) is 37.2. The Morgan fingerprint density at radius 3 is 1.53 bits per heavy atom. The van der Waals surface area contributed by atoms with Crippen LogP contribution in [0.1, 0.15) is 147 Å². The molecule has 13 aromatic rings. The number of nitrogens with one attached hydrogen (secondary N) is 3. The van der Waals surface area contributed by atoms with Crippen molar-refractivity contribution in [2.45, 2.75) is 163 Å². The standard InChI is InChI=1S/C29H29N9O.C20H23N7.C11H10N2O3.C9H6N2O2.C8H8BrNO2.3C4H9.C3H2NO.Sn/c1-18-9-22(11-23-10-19(2)35-36-23)34-28(33-18)21-4-6-27(32-14-21)37-16-24-12-25(17-37)38(24)15-20-3-5-26(31-13-20)29-30-7-8-39-29;1-12-5-17(21-8-12)25-18-6-13(2)23-20(26-18)14-3-4-19(22-9-14)27-10-15-7-16(11-27)24-15;1-2-9(10-12-3-4-14-10)13-7-8(1)11-15-5-6-16-11;12-6-7-1-2-8(11-5-7)9-10-3-4-13-9;9-7-2-1-6(5-10-7)8-11-3-4-12-8;3*1-3-4-2;1-2-5-3-4-1;/h3-10,13-14,24-25H,11-12,15-17H2,1-2H3,(H,35,36);3-6,9,15-16,24H,7-8,10-11H2,1-2H3,(H,21,23,25,26);1-4,7,11H,5-6H2;1-6H;1-2,5,8H,3-4H2;3*1,3-4H2,2H3;1-2H;. The summed E-state index contributed by atoms with van der Waals surface area (Å²) in [5, 5.41) is 14.2. The smallest absolute Gasteiger partial charge is 0.244 e. The van der Waals surface area contributed by atoms with Crippen LogP contribution in [-0.2, 0) is 31.9 Å². The zero-order chi connectivity index (χ0) is 86.3. The first-order valence-electron chi connectivity index (χ1n) is 42.8. The maximum absolute atomic E-state index is 10.3. The molecule has 0 amide bonds. The molecule has 648 valence electrons. The molecule has 4 atom stereocenters. The SMILES string of the molecule is Brc1ccc(C2OCCO2)cn1.CC1=CC(Nc2cc(C)nc(-c3ccc(N4CC5CC(C4)N5)nc3)n2)=NC1.CCC[CH2][Sn]([CH2]CCC)([CH2]CCC)[c]1ncco1.Cc1cc(Cc2cc(C)[nH]n2)nc(-c2ccc(N3CC4CC(C3)N4Cc3ccc(-c4ncco4)nc3)nc2)n1.O=Cc1ccc(-c2ncco2)nc1.c1coc(-c2ccc(C3OCCO3)cn2)n1. The van der Waals surface area contributed by atoms with Crippen LogP contribution in [0, 0.1) is 20.8 Å². The van der Waals surface area contributed by atoms with E-state index >= 15 is 0 Å². The van der Waals surface area contributed by atoms with Crippen molar-refractivity contribution in [1.29, 1.82) is 0 Å². The van der Waals surface area contributed by atoms with Crippen LogP contribution in [0.15, 0.2) is 217 Å². The first-order valence-corrected chi connectivity index (χ1v) is 51.1. The Kier molecular flexibility index (Phi) is 30.8. The molecule has 0 aromatic carbocycles. The maximum Gasteiger partial charge on any atom is 0.244 e. The van der Waals surface area contributed by atoms with Crippen molar-refractivity contribution in [3.05, 3.63) is 245 Å². The number of aliphatic imine (C=N–C) groups is 1. The predicted molar refractivity (Wildman–Crippen MR) is 480 cm³/mol. The third kappa shape index (κ3) is 24.0. The van der Waals surface area contributed by atoms with E-state index in [4.69, 9.17) is 46.6 Å². The summed E-state index contributed by atoms with van der Waals surface area (Å²) in [6.45, 7) is 23.2. The number of rotatable bonds is 25. The molecule has 4 unspecified atom stereocenters. The summed E-state index contributed by atoms with van der Waals surface area (Å²) in [6, 6.07) is 31.6. The van der Waals surface area contributed by atoms with Gasteiger partial charge in [-0.2, -0.15) is 5.10 Å². The number of hydrogen-bond donors (Lipinski definition) is 3. The second-order valence-electron chi connectivity index (χ2n) is 31.8. The number of anilines is 3. The summed E-state index contributed by atoms with van der Waals surface area (Å²) in [4.78, 5) is 83.9.